The molecule has 1 unspecified atom stereocenters. The molecule has 2 aromatic rings. The molecule has 0 aliphatic rings. The second-order valence-electron chi connectivity index (χ2n) is 4.54. The lowest BCUT2D eigenvalue weighted by Crippen LogP contribution is -2.12. The van der Waals surface area contributed by atoms with Gasteiger partial charge in [0, 0.05) is 18.1 Å². The van der Waals surface area contributed by atoms with Crippen molar-refractivity contribution >= 4 is 23.2 Å². The molecule has 21 heavy (non-hydrogen) atoms. The summed E-state index contributed by atoms with van der Waals surface area (Å²) >= 11 is 1.65. The Labute approximate surface area is 128 Å². The summed E-state index contributed by atoms with van der Waals surface area (Å²) in [6, 6.07) is 0.344. The van der Waals surface area contributed by atoms with Crippen molar-refractivity contribution < 1.29 is 4.74 Å². The fourth-order valence-electron chi connectivity index (χ4n) is 1.62. The van der Waals surface area contributed by atoms with Gasteiger partial charge < -0.3 is 15.4 Å². The van der Waals surface area contributed by atoms with Crippen molar-refractivity contribution in [1.29, 1.82) is 0 Å². The molecule has 1 atom stereocenters. The summed E-state index contributed by atoms with van der Waals surface area (Å²) in [5, 5.41) is 7.13. The first kappa shape index (κ1) is 15.4. The lowest BCUT2D eigenvalue weighted by Gasteiger charge is -2.12. The highest BCUT2D eigenvalue weighted by molar-refractivity contribution is 7.11. The van der Waals surface area contributed by atoms with E-state index in [2.05, 4.69) is 30.6 Å². The Morgan fingerprint density at radius 2 is 2.05 bits per heavy atom. The lowest BCUT2D eigenvalue weighted by atomic mass is 10.4. The van der Waals surface area contributed by atoms with Gasteiger partial charge in [-0.3, -0.25) is 0 Å². The van der Waals surface area contributed by atoms with Crippen LogP contribution in [-0.4, -0.2) is 33.6 Å². The highest BCUT2D eigenvalue weighted by Crippen LogP contribution is 2.22. The van der Waals surface area contributed by atoms with Crippen molar-refractivity contribution in [3.05, 3.63) is 16.1 Å². The minimum absolute atomic E-state index is 0.0230. The average molecular weight is 308 g/mol. The molecule has 2 N–H and O–H groups in total. The number of thiazole rings is 1. The molecule has 114 valence electrons. The molecule has 8 heteroatoms. The standard InChI is InChI=1S/C13H20N6OS/c1-5-6-20-13-18-11(14-4)17-12(19-13)16-9(3)10-15-7-8(2)21-10/h7,9H,5-6H2,1-4H3,(H2,14,16,17,18,19). The molecule has 0 saturated heterocycles. The van der Waals surface area contributed by atoms with E-state index in [1.807, 2.05) is 27.0 Å². The summed E-state index contributed by atoms with van der Waals surface area (Å²) in [7, 11) is 1.76. The van der Waals surface area contributed by atoms with Gasteiger partial charge in [-0.1, -0.05) is 6.92 Å². The van der Waals surface area contributed by atoms with Crippen LogP contribution in [0.5, 0.6) is 6.01 Å². The molecule has 0 spiro atoms. The van der Waals surface area contributed by atoms with E-state index in [0.29, 0.717) is 24.5 Å². The summed E-state index contributed by atoms with van der Waals surface area (Å²) in [6.07, 6.45) is 2.76. The largest absolute Gasteiger partial charge is 0.463 e. The Morgan fingerprint density at radius 3 is 2.67 bits per heavy atom. The number of nitrogens with one attached hydrogen (secondary N) is 2. The summed E-state index contributed by atoms with van der Waals surface area (Å²) < 4.78 is 5.47. The van der Waals surface area contributed by atoms with Crippen LogP contribution in [0.25, 0.3) is 0 Å². The van der Waals surface area contributed by atoms with E-state index in [-0.39, 0.29) is 6.04 Å². The van der Waals surface area contributed by atoms with E-state index in [4.69, 9.17) is 4.74 Å². The van der Waals surface area contributed by atoms with Crippen molar-refractivity contribution in [1.82, 2.24) is 19.9 Å². The van der Waals surface area contributed by atoms with Gasteiger partial charge in [0.2, 0.25) is 11.9 Å². The van der Waals surface area contributed by atoms with E-state index in [1.165, 1.54) is 4.88 Å². The van der Waals surface area contributed by atoms with Crippen LogP contribution in [0.4, 0.5) is 11.9 Å². The Hall–Kier alpha value is -1.96. The van der Waals surface area contributed by atoms with Crippen molar-refractivity contribution in [2.24, 2.45) is 0 Å². The van der Waals surface area contributed by atoms with Crippen LogP contribution in [0.15, 0.2) is 6.20 Å². The number of rotatable bonds is 7. The maximum Gasteiger partial charge on any atom is 0.323 e. The van der Waals surface area contributed by atoms with Crippen LogP contribution in [-0.2, 0) is 0 Å². The summed E-state index contributed by atoms with van der Waals surface area (Å²) in [6.45, 7) is 6.67. The molecule has 0 bridgehead atoms. The van der Waals surface area contributed by atoms with Crippen LogP contribution in [0, 0.1) is 6.92 Å². The number of hydrogen-bond donors (Lipinski definition) is 2. The highest BCUT2D eigenvalue weighted by Gasteiger charge is 2.13. The molecule has 2 aromatic heterocycles. The van der Waals surface area contributed by atoms with Crippen LogP contribution in [0.1, 0.15) is 36.2 Å². The zero-order valence-electron chi connectivity index (χ0n) is 12.7. The Bertz CT molecular complexity index is 588. The van der Waals surface area contributed by atoms with E-state index >= 15 is 0 Å². The molecule has 2 rings (SSSR count). The molecule has 0 fully saturated rings. The predicted molar refractivity (Wildman–Crippen MR) is 84.0 cm³/mol. The second-order valence-corrected chi connectivity index (χ2v) is 5.81. The quantitative estimate of drug-likeness (QED) is 0.813. The molecule has 0 amide bonds. The van der Waals surface area contributed by atoms with Crippen molar-refractivity contribution in [2.45, 2.75) is 33.2 Å². The van der Waals surface area contributed by atoms with Gasteiger partial charge in [0.15, 0.2) is 0 Å². The molecular formula is C13H20N6OS. The summed E-state index contributed by atoms with van der Waals surface area (Å²) in [5.74, 6) is 0.946. The fraction of sp³-hybridized carbons (Fsp3) is 0.538. The van der Waals surface area contributed by atoms with E-state index in [0.717, 1.165) is 11.4 Å². The molecule has 0 radical (unpaired) electrons. The van der Waals surface area contributed by atoms with Gasteiger partial charge in [0.25, 0.3) is 0 Å². The first-order chi connectivity index (χ1) is 10.1. The third-order valence-corrected chi connectivity index (χ3v) is 3.72. The molecule has 7 nitrogen and oxygen atoms in total. The smallest absolute Gasteiger partial charge is 0.323 e. The third-order valence-electron chi connectivity index (χ3n) is 2.63. The molecule has 0 aromatic carbocycles. The highest BCUT2D eigenvalue weighted by atomic mass is 32.1. The van der Waals surface area contributed by atoms with Crippen molar-refractivity contribution in [3.8, 4) is 6.01 Å². The van der Waals surface area contributed by atoms with Crippen LogP contribution in [0.3, 0.4) is 0 Å². The number of anilines is 2. The van der Waals surface area contributed by atoms with Gasteiger partial charge in [-0.25, -0.2) is 4.98 Å². The Balaban J connectivity index is 2.14. The number of nitrogens with zero attached hydrogens (tertiary/aromatic N) is 4. The van der Waals surface area contributed by atoms with E-state index in [9.17, 15) is 0 Å². The number of aromatic nitrogens is 4. The minimum Gasteiger partial charge on any atom is -0.463 e. The third kappa shape index (κ3) is 4.25. The molecule has 2 heterocycles. The molecular weight excluding hydrogens is 288 g/mol. The van der Waals surface area contributed by atoms with E-state index < -0.39 is 0 Å². The van der Waals surface area contributed by atoms with Gasteiger partial charge in [0.05, 0.1) is 12.6 Å². The molecule has 0 aliphatic heterocycles. The second kappa shape index (κ2) is 7.16. The SMILES string of the molecule is CCCOc1nc(NC)nc(NC(C)c2ncc(C)s2)n1. The maximum absolute atomic E-state index is 5.47. The molecule has 0 saturated carbocycles. The van der Waals surface area contributed by atoms with Gasteiger partial charge in [-0.15, -0.1) is 11.3 Å². The van der Waals surface area contributed by atoms with Gasteiger partial charge in [-0.05, 0) is 20.3 Å². The van der Waals surface area contributed by atoms with Crippen LogP contribution >= 0.6 is 11.3 Å². The lowest BCUT2D eigenvalue weighted by molar-refractivity contribution is 0.292. The number of hydrogen-bond acceptors (Lipinski definition) is 8. The monoisotopic (exact) mass is 308 g/mol. The van der Waals surface area contributed by atoms with Crippen LogP contribution < -0.4 is 15.4 Å². The van der Waals surface area contributed by atoms with Crippen molar-refractivity contribution in [2.75, 3.05) is 24.3 Å². The van der Waals surface area contributed by atoms with E-state index in [1.54, 1.807) is 18.4 Å². The Morgan fingerprint density at radius 1 is 1.29 bits per heavy atom. The predicted octanol–water partition coefficient (Wildman–Crippen LogP) is 2.64. The first-order valence-corrected chi connectivity index (χ1v) is 7.69. The van der Waals surface area contributed by atoms with Gasteiger partial charge >= 0.3 is 6.01 Å². The number of aryl methyl sites for hydroxylation is 1. The Kier molecular flexibility index (Phi) is 5.26. The van der Waals surface area contributed by atoms with Gasteiger partial charge in [0.1, 0.15) is 5.01 Å². The molecule has 0 aliphatic carbocycles. The minimum atomic E-state index is 0.0230. The summed E-state index contributed by atoms with van der Waals surface area (Å²) in [4.78, 5) is 18.3. The fourth-order valence-corrected chi connectivity index (χ4v) is 2.39. The number of ether oxygens (including phenoxy) is 1. The zero-order valence-corrected chi connectivity index (χ0v) is 13.5. The average Bonchev–Trinajstić information content (AvgIpc) is 2.91. The maximum atomic E-state index is 5.47. The van der Waals surface area contributed by atoms with Gasteiger partial charge in [-0.2, -0.15) is 15.0 Å². The first-order valence-electron chi connectivity index (χ1n) is 6.87. The van der Waals surface area contributed by atoms with Crippen LogP contribution in [0.2, 0.25) is 0 Å². The summed E-state index contributed by atoms with van der Waals surface area (Å²) in [5.41, 5.74) is 0. The van der Waals surface area contributed by atoms with Crippen molar-refractivity contribution in [3.63, 3.8) is 0 Å². The zero-order chi connectivity index (χ0) is 15.2. The normalized spacial score (nSPS) is 12.0. The topological polar surface area (TPSA) is 84.9 Å².